The molecule has 606 valence electrons. The van der Waals surface area contributed by atoms with E-state index in [0.717, 1.165) is 166 Å². The summed E-state index contributed by atoms with van der Waals surface area (Å²) in [5, 5.41) is 12.5. The summed E-state index contributed by atoms with van der Waals surface area (Å²) in [6, 6.07) is 29.9. The third-order valence-corrected chi connectivity index (χ3v) is 17.8. The van der Waals surface area contributed by atoms with Gasteiger partial charge in [0.1, 0.15) is 29.1 Å². The Labute approximate surface area is 670 Å². The van der Waals surface area contributed by atoms with Crippen LogP contribution in [0.1, 0.15) is 217 Å². The van der Waals surface area contributed by atoms with Crippen molar-refractivity contribution in [2.24, 2.45) is 0 Å². The molecule has 3 aromatic carbocycles. The third kappa shape index (κ3) is 30.7. The van der Waals surface area contributed by atoms with Crippen LogP contribution in [0.3, 0.4) is 0 Å². The van der Waals surface area contributed by atoms with Crippen LogP contribution in [-0.4, -0.2) is 160 Å². The molecule has 113 heavy (non-hydrogen) atoms. The topological polar surface area (TPSA) is 384 Å². The average molecular weight is 1540 g/mol. The zero-order valence-electron chi connectivity index (χ0n) is 70.1. The number of anilines is 13. The van der Waals surface area contributed by atoms with Crippen molar-refractivity contribution >= 4 is 76.8 Å². The van der Waals surface area contributed by atoms with Crippen molar-refractivity contribution in [1.29, 1.82) is 0 Å². The Morgan fingerprint density at radius 2 is 0.796 bits per heavy atom. The number of nitrogens with one attached hydrogen (secondary N) is 4. The molecule has 10 N–H and O–H groups in total. The van der Waals surface area contributed by atoms with Gasteiger partial charge in [-0.1, -0.05) is 122 Å². The summed E-state index contributed by atoms with van der Waals surface area (Å²) in [5.74, 6) is 11.9. The van der Waals surface area contributed by atoms with Gasteiger partial charge in [-0.3, -0.25) is 4.98 Å². The molecule has 0 atom stereocenters. The van der Waals surface area contributed by atoms with Gasteiger partial charge in [-0.05, 0) is 186 Å². The minimum Gasteiger partial charge on any atom is -0.368 e. The molecule has 10 aromatic rings. The van der Waals surface area contributed by atoms with E-state index in [0.29, 0.717) is 59.1 Å². The number of piperidine rings is 2. The summed E-state index contributed by atoms with van der Waals surface area (Å²) in [7, 11) is 0. The summed E-state index contributed by atoms with van der Waals surface area (Å²) in [6.45, 7) is 44.9. The molecule has 0 radical (unpaired) electrons. The maximum atomic E-state index is 5.71. The smallest absolute Gasteiger partial charge is 0.232 e. The Morgan fingerprint density at radius 3 is 1.22 bits per heavy atom. The lowest BCUT2D eigenvalue weighted by molar-refractivity contribution is 0.554. The van der Waals surface area contributed by atoms with Gasteiger partial charge < -0.3 is 58.1 Å². The molecule has 0 spiro atoms. The SMILES string of the molecule is CC(C)c1cc(-c2nc(N)nc(N)n2)cc(C(C)C)n1.CCCCN(CC)c1nc(C)nc(N(CC)CCCC)n1.CCCCc1nc(N)nc(-c2ccccc2)n1.CCNc1nc(C)nc(NCC)n1.Cc1cccc(Nc2nc(C)nc(Nc3cccc(C)c3)n2)c1.Cc1nc(N2CCCCC2)nc(N2CCCCC2)n1. The van der Waals surface area contributed by atoms with E-state index < -0.39 is 0 Å². The van der Waals surface area contributed by atoms with Crippen molar-refractivity contribution in [3.8, 4) is 22.8 Å². The van der Waals surface area contributed by atoms with Crippen molar-refractivity contribution in [1.82, 2.24) is 94.7 Å². The van der Waals surface area contributed by atoms with Gasteiger partial charge in [0.05, 0.1) is 0 Å². The van der Waals surface area contributed by atoms with Crippen LogP contribution < -0.4 is 58.1 Å². The fourth-order valence-electron chi connectivity index (χ4n) is 11.8. The minimum atomic E-state index is 0.126. The first-order valence-corrected chi connectivity index (χ1v) is 40.4. The lowest BCUT2D eigenvalue weighted by Gasteiger charge is -2.30. The van der Waals surface area contributed by atoms with Crippen molar-refractivity contribution < 1.29 is 0 Å². The lowest BCUT2D eigenvalue weighted by atomic mass is 10.0. The summed E-state index contributed by atoms with van der Waals surface area (Å²) in [4.78, 5) is 91.7. The molecule has 2 fully saturated rings. The predicted molar refractivity (Wildman–Crippen MR) is 462 cm³/mol. The molecule has 30 heteroatoms. The number of aromatic nitrogens is 19. The fourth-order valence-corrected chi connectivity index (χ4v) is 11.8. The number of aryl methyl sites for hydroxylation is 7. The third-order valence-electron chi connectivity index (χ3n) is 17.8. The molecule has 0 amide bonds. The highest BCUT2D eigenvalue weighted by molar-refractivity contribution is 5.61. The van der Waals surface area contributed by atoms with Crippen LogP contribution in [0.4, 0.5) is 76.8 Å². The first-order chi connectivity index (χ1) is 54.5. The van der Waals surface area contributed by atoms with Crippen molar-refractivity contribution in [2.45, 2.75) is 213 Å². The van der Waals surface area contributed by atoms with E-state index in [1.54, 1.807) is 0 Å². The van der Waals surface area contributed by atoms with Crippen LogP contribution in [0.5, 0.6) is 0 Å². The maximum Gasteiger partial charge on any atom is 0.232 e. The van der Waals surface area contributed by atoms with E-state index in [4.69, 9.17) is 27.2 Å². The zero-order valence-corrected chi connectivity index (χ0v) is 70.1. The number of benzene rings is 3. The molecular formula is C83H124N30. The normalized spacial score (nSPS) is 12.3. The van der Waals surface area contributed by atoms with E-state index in [2.05, 4.69) is 214 Å². The highest BCUT2D eigenvalue weighted by atomic mass is 15.4. The molecule has 0 aliphatic carbocycles. The van der Waals surface area contributed by atoms with Gasteiger partial charge in [0.2, 0.25) is 65.4 Å². The number of unbranched alkanes of at least 4 members (excludes halogenated alkanes) is 3. The summed E-state index contributed by atoms with van der Waals surface area (Å²) >= 11 is 0. The molecule has 12 rings (SSSR count). The monoisotopic (exact) mass is 1540 g/mol. The van der Waals surface area contributed by atoms with Gasteiger partial charge >= 0.3 is 0 Å². The molecular weight excluding hydrogens is 1420 g/mol. The predicted octanol–water partition coefficient (Wildman–Crippen LogP) is 15.7. The van der Waals surface area contributed by atoms with Crippen molar-refractivity contribution in [2.75, 3.05) is 124 Å². The second-order valence-corrected chi connectivity index (χ2v) is 28.3. The minimum absolute atomic E-state index is 0.126. The maximum absolute atomic E-state index is 5.71. The van der Waals surface area contributed by atoms with E-state index >= 15 is 0 Å². The zero-order chi connectivity index (χ0) is 81.6. The Balaban J connectivity index is 0.000000189. The van der Waals surface area contributed by atoms with Gasteiger partial charge in [-0.2, -0.15) is 84.7 Å². The van der Waals surface area contributed by atoms with Gasteiger partial charge in [0, 0.05) is 106 Å². The largest absolute Gasteiger partial charge is 0.368 e. The summed E-state index contributed by atoms with van der Waals surface area (Å²) in [6.07, 6.45) is 15.4. The fraction of sp³-hybridized carbons (Fsp3) is 0.506. The second-order valence-electron chi connectivity index (χ2n) is 28.3. The molecule has 0 unspecified atom stereocenters. The Bertz CT molecular complexity index is 4250. The van der Waals surface area contributed by atoms with Gasteiger partial charge in [0.15, 0.2) is 11.6 Å². The van der Waals surface area contributed by atoms with Crippen LogP contribution >= 0.6 is 0 Å². The van der Waals surface area contributed by atoms with Crippen LogP contribution in [0.15, 0.2) is 91.0 Å². The van der Waals surface area contributed by atoms with Gasteiger partial charge in [0.25, 0.3) is 0 Å². The number of rotatable bonds is 27. The number of hydrogen-bond acceptors (Lipinski definition) is 30. The highest BCUT2D eigenvalue weighted by Gasteiger charge is 2.21. The number of hydrogen-bond donors (Lipinski definition) is 7. The summed E-state index contributed by atoms with van der Waals surface area (Å²) < 4.78 is 0. The number of nitrogens with zero attached hydrogens (tertiary/aromatic N) is 23. The van der Waals surface area contributed by atoms with Crippen LogP contribution in [-0.2, 0) is 6.42 Å². The molecule has 0 saturated carbocycles. The Hall–Kier alpha value is -11.3. The Kier molecular flexibility index (Phi) is 37.1. The van der Waals surface area contributed by atoms with E-state index in [9.17, 15) is 0 Å². The molecule has 2 saturated heterocycles. The Morgan fingerprint density at radius 1 is 0.381 bits per heavy atom. The lowest BCUT2D eigenvalue weighted by Crippen LogP contribution is -2.34. The van der Waals surface area contributed by atoms with Crippen molar-refractivity contribution in [3.63, 3.8) is 0 Å². The van der Waals surface area contributed by atoms with Crippen LogP contribution in [0.2, 0.25) is 0 Å². The van der Waals surface area contributed by atoms with Gasteiger partial charge in [-0.25, -0.2) is 4.98 Å². The highest BCUT2D eigenvalue weighted by Crippen LogP contribution is 2.28. The van der Waals surface area contributed by atoms with E-state index in [-0.39, 0.29) is 11.9 Å². The van der Waals surface area contributed by atoms with Gasteiger partial charge in [-0.15, -0.1) is 0 Å². The number of pyridine rings is 1. The molecule has 9 heterocycles. The molecule has 2 aliphatic heterocycles. The molecule has 7 aromatic heterocycles. The van der Waals surface area contributed by atoms with E-state index in [1.807, 2.05) is 120 Å². The van der Waals surface area contributed by atoms with Crippen LogP contribution in [0.25, 0.3) is 22.8 Å². The first-order valence-electron chi connectivity index (χ1n) is 40.4. The molecule has 30 nitrogen and oxygen atoms in total. The number of nitrogen functional groups attached to an aromatic ring is 3. The quantitative estimate of drug-likeness (QED) is 0.0251. The first kappa shape index (κ1) is 88.9. The molecule has 2 aliphatic rings. The molecule has 0 bridgehead atoms. The van der Waals surface area contributed by atoms with Crippen LogP contribution in [0, 0.1) is 41.5 Å². The second kappa shape index (κ2) is 47.1. The number of nitrogens with two attached hydrogens (primary N) is 3. The average Bonchev–Trinajstić information content (AvgIpc) is 0.825. The standard InChI is InChI=1S/C18H19N5.C16H31N5.C14H20N6.C14H23N5.C13H16N4.C8H15N5/c1-12-6-4-8-15(10-12)21-17-19-14(3)20-18(23-17)22-16-9-5-7-13(2)11-16;1-6-10-12-20(8-3)15-17-14(5)18-16(19-15)21(9-4)13-11-7-2;1-7(2)10-5-9(6-11(17-10)8(3)4)12-18-13(15)20-14(16)19-12;1-12-15-13(18-8-4-2-5-9-18)17-14(16-12)19-10-6-3-7-11-19;1-2-3-9-11-15-12(17-13(14)16-11)10-7-5-4-6-8-10;1-4-9-7-11-6(3)12-8(13-7)10-5-2/h4-11H,1-3H3,(H2,19,20,21,22,23);6-13H2,1-5H3;5-8H,1-4H3,(H4,15,16,18,19,20);2-11H2,1H3;4-8H,2-3,9H2,1H3,(H2,14,15,16,17);4-5H2,1-3H3,(H2,9,10,11,12,13). The van der Waals surface area contributed by atoms with Crippen molar-refractivity contribution in [3.05, 3.63) is 143 Å². The summed E-state index contributed by atoms with van der Waals surface area (Å²) in [5.41, 5.74) is 25.1. The van der Waals surface area contributed by atoms with E-state index in [1.165, 1.54) is 75.3 Å².